The Morgan fingerprint density at radius 1 is 0.346 bits per heavy atom. The van der Waals surface area contributed by atoms with Crippen molar-refractivity contribution in [2.45, 2.75) is 105 Å². The van der Waals surface area contributed by atoms with Gasteiger partial charge in [0.05, 0.1) is 28.4 Å². The van der Waals surface area contributed by atoms with Gasteiger partial charge in [-0.3, -0.25) is 0 Å². The molecular weight excluding hydrogens is 673 g/mol. The van der Waals surface area contributed by atoms with Gasteiger partial charge in [0.15, 0.2) is 0 Å². The molecule has 0 N–H and O–H groups in total. The smallest absolute Gasteiger partial charge is 0.123 e. The van der Waals surface area contributed by atoms with Crippen molar-refractivity contribution in [3.8, 4) is 23.0 Å². The molecule has 2 heterocycles. The van der Waals surface area contributed by atoms with Crippen LogP contribution in [0.15, 0.2) is 24.3 Å². The Morgan fingerprint density at radius 3 is 0.692 bits per heavy atom. The van der Waals surface area contributed by atoms with E-state index in [4.69, 9.17) is 18.9 Å². The second-order valence-corrected chi connectivity index (χ2v) is 26.3. The molecule has 272 valence electrons. The average Bonchev–Trinajstić information content (AvgIpc) is 3.49. The summed E-state index contributed by atoms with van der Waals surface area (Å²) in [6, 6.07) is 10.0. The van der Waals surface area contributed by atoms with Crippen molar-refractivity contribution >= 4 is 90.8 Å². The number of benzene rings is 6. The summed E-state index contributed by atoms with van der Waals surface area (Å²) in [5.41, 5.74) is 5.15. The van der Waals surface area contributed by atoms with Crippen LogP contribution < -0.4 is 39.7 Å². The van der Waals surface area contributed by atoms with Crippen LogP contribution in [0.1, 0.15) is 101 Å². The number of rotatable bonds is 8. The highest BCUT2D eigenvalue weighted by Crippen LogP contribution is 2.53. The SMILES string of the molecule is COc1c(C(C)C)cc2c3c1[Si](C)(C)c1c(OC)c(C(C)C)cc(c13)c1c3cc(C(C)C)c(OC)c4c3c3c(c(OC)c(C(C)C)cc3c21)[Si]4(C)C. The van der Waals surface area contributed by atoms with E-state index in [1.807, 2.05) is 28.4 Å². The Morgan fingerprint density at radius 2 is 0.538 bits per heavy atom. The van der Waals surface area contributed by atoms with Crippen molar-refractivity contribution in [2.24, 2.45) is 0 Å². The molecule has 0 radical (unpaired) electrons. The third-order valence-corrected chi connectivity index (χ3v) is 19.8. The number of hydrogen-bond donors (Lipinski definition) is 0. The molecule has 6 aromatic carbocycles. The molecule has 0 saturated heterocycles. The third kappa shape index (κ3) is 4.09. The van der Waals surface area contributed by atoms with Crippen LogP contribution in [-0.4, -0.2) is 44.6 Å². The molecule has 8 rings (SSSR count). The van der Waals surface area contributed by atoms with Gasteiger partial charge in [-0.25, -0.2) is 0 Å². The van der Waals surface area contributed by atoms with Crippen LogP contribution in [-0.2, 0) is 0 Å². The van der Waals surface area contributed by atoms with E-state index in [9.17, 15) is 0 Å². The van der Waals surface area contributed by atoms with Gasteiger partial charge >= 0.3 is 0 Å². The summed E-state index contributed by atoms with van der Waals surface area (Å²) in [7, 11) is 2.79. The highest BCUT2D eigenvalue weighted by Gasteiger charge is 2.47. The van der Waals surface area contributed by atoms with E-state index in [1.165, 1.54) is 96.9 Å². The van der Waals surface area contributed by atoms with Crippen molar-refractivity contribution in [2.75, 3.05) is 28.4 Å². The predicted molar refractivity (Wildman–Crippen MR) is 230 cm³/mol. The first-order valence-corrected chi connectivity index (χ1v) is 25.3. The molecule has 0 fully saturated rings. The predicted octanol–water partition coefficient (Wildman–Crippen LogP) is 10.3. The Labute approximate surface area is 311 Å². The summed E-state index contributed by atoms with van der Waals surface area (Å²) < 4.78 is 26.0. The summed E-state index contributed by atoms with van der Waals surface area (Å²) >= 11 is 0. The Balaban J connectivity index is 1.86. The Hall–Kier alpha value is -3.75. The number of fused-ring (bicyclic) bond motifs is 5. The fourth-order valence-corrected chi connectivity index (χ4v) is 17.9. The lowest BCUT2D eigenvalue weighted by Crippen LogP contribution is -2.51. The van der Waals surface area contributed by atoms with Gasteiger partial charge in [-0.05, 0) is 145 Å². The summed E-state index contributed by atoms with van der Waals surface area (Å²) in [6.45, 7) is 28.6. The van der Waals surface area contributed by atoms with Crippen molar-refractivity contribution < 1.29 is 18.9 Å². The largest absolute Gasteiger partial charge is 0.497 e. The lowest BCUT2D eigenvalue weighted by Gasteiger charge is -2.27. The van der Waals surface area contributed by atoms with Gasteiger partial charge in [0, 0.05) is 0 Å². The maximum Gasteiger partial charge on any atom is 0.123 e. The van der Waals surface area contributed by atoms with Crippen molar-refractivity contribution in [3.05, 3.63) is 46.5 Å². The number of hydrogen-bond acceptors (Lipinski definition) is 4. The lowest BCUT2D eigenvalue weighted by molar-refractivity contribution is 0.410. The molecule has 0 aliphatic carbocycles. The van der Waals surface area contributed by atoms with E-state index in [-0.39, 0.29) is 0 Å². The molecular formula is C46H56O4Si2. The maximum atomic E-state index is 6.50. The highest BCUT2D eigenvalue weighted by molar-refractivity contribution is 7.08. The van der Waals surface area contributed by atoms with Gasteiger partial charge in [0.2, 0.25) is 0 Å². The normalized spacial score (nSPS) is 15.5. The highest BCUT2D eigenvalue weighted by atomic mass is 28.3. The van der Waals surface area contributed by atoms with E-state index in [1.54, 1.807) is 0 Å². The van der Waals surface area contributed by atoms with Crippen LogP contribution in [0.5, 0.6) is 23.0 Å². The maximum absolute atomic E-state index is 6.50. The lowest BCUT2D eigenvalue weighted by atomic mass is 9.82. The molecule has 0 spiro atoms. The van der Waals surface area contributed by atoms with Gasteiger partial charge in [-0.2, -0.15) is 0 Å². The molecule has 0 unspecified atom stereocenters. The van der Waals surface area contributed by atoms with Crippen molar-refractivity contribution in [1.29, 1.82) is 0 Å². The monoisotopic (exact) mass is 728 g/mol. The van der Waals surface area contributed by atoms with Gasteiger partial charge < -0.3 is 18.9 Å². The Bertz CT molecular complexity index is 2220. The van der Waals surface area contributed by atoms with Crippen molar-refractivity contribution in [1.82, 2.24) is 0 Å². The average molecular weight is 729 g/mol. The van der Waals surface area contributed by atoms with Crippen LogP contribution in [0.3, 0.4) is 0 Å². The first-order valence-electron chi connectivity index (χ1n) is 19.3. The minimum absolute atomic E-state index is 0.294. The fourth-order valence-electron chi connectivity index (χ4n) is 10.6. The molecule has 4 nitrogen and oxygen atoms in total. The summed E-state index contributed by atoms with van der Waals surface area (Å²) in [5, 5.41) is 19.3. The van der Waals surface area contributed by atoms with Crippen LogP contribution in [0, 0.1) is 0 Å². The molecule has 0 aromatic heterocycles. The van der Waals surface area contributed by atoms with Gasteiger partial charge in [-0.1, -0.05) is 81.6 Å². The molecule has 2 aliphatic rings. The molecule has 52 heavy (non-hydrogen) atoms. The van der Waals surface area contributed by atoms with E-state index >= 15 is 0 Å². The first-order chi connectivity index (χ1) is 24.5. The topological polar surface area (TPSA) is 36.9 Å². The van der Waals surface area contributed by atoms with Gasteiger partial charge in [-0.15, -0.1) is 0 Å². The number of methoxy groups -OCH3 is 4. The molecule has 0 amide bonds. The van der Waals surface area contributed by atoms with Crippen LogP contribution in [0.4, 0.5) is 0 Å². The van der Waals surface area contributed by atoms with E-state index in [0.717, 1.165) is 23.0 Å². The Kier molecular flexibility index (Phi) is 7.72. The van der Waals surface area contributed by atoms with Gasteiger partial charge in [0.25, 0.3) is 0 Å². The zero-order chi connectivity index (χ0) is 37.7. The van der Waals surface area contributed by atoms with Crippen LogP contribution >= 0.6 is 0 Å². The summed E-state index contributed by atoms with van der Waals surface area (Å²) in [5.74, 6) is 5.48. The molecule has 6 aromatic rings. The van der Waals surface area contributed by atoms with E-state index in [0.29, 0.717) is 23.7 Å². The standard InChI is InChI=1S/C46H56O4Si2/c1-21(2)25-17-29-33-30-18-26(22(3)4)41(49-11)45-37(30)38-32(20-28(24(7)8)42(50-12)46(38)52(45,15)16)34(33)31-19-27(23(5)6)40(48-10)44-36(31)35(29)43(39(25)47-9)51(44,13)14/h17-24H,1-16H3. The van der Waals surface area contributed by atoms with Gasteiger partial charge in [0.1, 0.15) is 39.1 Å². The molecule has 2 aliphatic heterocycles. The molecule has 0 atom stereocenters. The second kappa shape index (κ2) is 11.4. The van der Waals surface area contributed by atoms with Crippen LogP contribution in [0.2, 0.25) is 26.2 Å². The number of ether oxygens (including phenoxy) is 4. The quantitative estimate of drug-likeness (QED) is 0.116. The second-order valence-electron chi connectivity index (χ2n) is 17.8. The minimum atomic E-state index is -2.36. The molecule has 6 heteroatoms. The molecule has 0 saturated carbocycles. The first kappa shape index (κ1) is 35.3. The van der Waals surface area contributed by atoms with E-state index < -0.39 is 16.1 Å². The zero-order valence-electron chi connectivity index (χ0n) is 34.3. The summed E-state index contributed by atoms with van der Waals surface area (Å²) in [4.78, 5) is 0. The van der Waals surface area contributed by atoms with Crippen molar-refractivity contribution in [3.63, 3.8) is 0 Å². The summed E-state index contributed by atoms with van der Waals surface area (Å²) in [6.07, 6.45) is 0. The van der Waals surface area contributed by atoms with E-state index in [2.05, 4.69) is 106 Å². The minimum Gasteiger partial charge on any atom is -0.497 e. The third-order valence-electron chi connectivity index (χ3n) is 12.9. The van der Waals surface area contributed by atoms with Crippen LogP contribution in [0.25, 0.3) is 53.9 Å². The molecule has 0 bridgehead atoms. The zero-order valence-corrected chi connectivity index (χ0v) is 36.3. The fraction of sp³-hybridized carbons (Fsp3) is 0.435.